The van der Waals surface area contributed by atoms with Gasteiger partial charge in [-0.25, -0.2) is 4.39 Å². The van der Waals surface area contributed by atoms with Crippen molar-refractivity contribution < 1.29 is 19.4 Å². The summed E-state index contributed by atoms with van der Waals surface area (Å²) in [6.45, 7) is 5.10. The monoisotopic (exact) mass is 464 g/mol. The Morgan fingerprint density at radius 3 is 2.56 bits per heavy atom. The second kappa shape index (κ2) is 8.42. The van der Waals surface area contributed by atoms with Crippen LogP contribution in [0.3, 0.4) is 0 Å². The fourth-order valence-corrected chi connectivity index (χ4v) is 3.75. The second-order valence-corrected chi connectivity index (χ2v) is 9.18. The number of fused-ring (bicyclic) bond motifs is 1. The summed E-state index contributed by atoms with van der Waals surface area (Å²) in [4.78, 5) is 25.3. The van der Waals surface area contributed by atoms with Gasteiger partial charge in [0.2, 0.25) is 0 Å². The maximum Gasteiger partial charge on any atom is 0.257 e. The highest BCUT2D eigenvalue weighted by atomic mass is 19.1. The number of anilines is 1. The van der Waals surface area contributed by atoms with Crippen molar-refractivity contribution in [1.82, 2.24) is 14.2 Å². The number of amides is 1. The van der Waals surface area contributed by atoms with Crippen LogP contribution in [0.2, 0.25) is 0 Å². The Hall–Kier alpha value is -3.98. The van der Waals surface area contributed by atoms with E-state index in [1.165, 1.54) is 47.4 Å². The fraction of sp³-hybridized carbons (Fsp3) is 0.240. The molecule has 9 heteroatoms. The number of rotatable bonds is 4. The summed E-state index contributed by atoms with van der Waals surface area (Å²) in [6, 6.07) is 6.94. The van der Waals surface area contributed by atoms with Gasteiger partial charge in [0.05, 0.1) is 34.9 Å². The van der Waals surface area contributed by atoms with Gasteiger partial charge in [0, 0.05) is 48.1 Å². The molecular weight excluding hydrogens is 439 g/mol. The van der Waals surface area contributed by atoms with E-state index in [0.29, 0.717) is 16.5 Å². The molecule has 176 valence electrons. The first-order valence-corrected chi connectivity index (χ1v) is 10.6. The number of aliphatic hydroxyl groups is 2. The van der Waals surface area contributed by atoms with Gasteiger partial charge in [-0.1, -0.05) is 20.8 Å². The molecule has 3 N–H and O–H groups in total. The van der Waals surface area contributed by atoms with Gasteiger partial charge in [0.25, 0.3) is 5.91 Å². The molecule has 1 amide bonds. The van der Waals surface area contributed by atoms with Gasteiger partial charge in [-0.15, -0.1) is 0 Å². The number of carbonyl (C=O) groups excluding carboxylic acids is 1. The van der Waals surface area contributed by atoms with Crippen LogP contribution < -0.4 is 16.1 Å². The van der Waals surface area contributed by atoms with E-state index in [2.05, 4.69) is 10.4 Å². The number of aromatic nitrogens is 3. The minimum absolute atomic E-state index is 0.0347. The SMILES string of the molecule is Cn1cc(-c2cc(CO)cc(NC(=O)c3cc(=C(O)C(C)(C)C)n4ccc(=O)cc34)c2F)cn1. The molecule has 0 aliphatic carbocycles. The minimum atomic E-state index is -0.684. The van der Waals surface area contributed by atoms with Crippen molar-refractivity contribution in [2.24, 2.45) is 12.5 Å². The Morgan fingerprint density at radius 1 is 1.21 bits per heavy atom. The number of hydrogen-bond donors (Lipinski definition) is 3. The highest BCUT2D eigenvalue weighted by molar-refractivity contribution is 6.09. The first-order valence-electron chi connectivity index (χ1n) is 10.6. The van der Waals surface area contributed by atoms with E-state index in [4.69, 9.17) is 0 Å². The molecule has 1 aromatic carbocycles. The van der Waals surface area contributed by atoms with Crippen molar-refractivity contribution >= 4 is 22.9 Å². The minimum Gasteiger partial charge on any atom is -0.510 e. The lowest BCUT2D eigenvalue weighted by atomic mass is 9.93. The summed E-state index contributed by atoms with van der Waals surface area (Å²) in [7, 11) is 1.70. The Morgan fingerprint density at radius 2 is 1.94 bits per heavy atom. The molecule has 4 rings (SSSR count). The number of nitrogens with zero attached hydrogens (tertiary/aromatic N) is 3. The Bertz CT molecular complexity index is 1530. The summed E-state index contributed by atoms with van der Waals surface area (Å²) in [5.74, 6) is -1.31. The third kappa shape index (κ3) is 4.17. The van der Waals surface area contributed by atoms with Gasteiger partial charge in [-0.2, -0.15) is 5.10 Å². The first-order chi connectivity index (χ1) is 16.0. The molecule has 4 aromatic rings. The third-order valence-corrected chi connectivity index (χ3v) is 5.52. The normalized spacial score (nSPS) is 12.8. The van der Waals surface area contributed by atoms with Crippen molar-refractivity contribution in [3.05, 3.63) is 81.4 Å². The number of halogens is 1. The van der Waals surface area contributed by atoms with Crippen LogP contribution in [-0.4, -0.2) is 30.3 Å². The van der Waals surface area contributed by atoms with E-state index in [-0.39, 0.29) is 40.1 Å². The van der Waals surface area contributed by atoms with Crippen LogP contribution in [0.25, 0.3) is 22.4 Å². The number of pyridine rings is 1. The number of carbonyl (C=O) groups is 1. The van der Waals surface area contributed by atoms with Crippen molar-refractivity contribution in [1.29, 1.82) is 0 Å². The standard InChI is InChI=1S/C25H25FN4O4/c1-25(2,3)23(33)21-10-18(20-9-16(32)5-6-30(20)21)24(34)28-19-8-14(13-31)7-17(22(19)26)15-11-27-29(4)12-15/h5-12,31,33H,13H2,1-4H3,(H,28,34). The molecule has 0 atom stereocenters. The number of nitrogens with one attached hydrogen (secondary N) is 1. The maximum absolute atomic E-state index is 15.4. The summed E-state index contributed by atoms with van der Waals surface area (Å²) in [5.41, 5.74) is 0.396. The molecule has 0 bridgehead atoms. The van der Waals surface area contributed by atoms with E-state index in [0.717, 1.165) is 0 Å². The molecule has 8 nitrogen and oxygen atoms in total. The number of aliphatic hydroxyl groups excluding tert-OH is 2. The van der Waals surface area contributed by atoms with Crippen LogP contribution in [0.15, 0.2) is 53.7 Å². The van der Waals surface area contributed by atoms with Gasteiger partial charge >= 0.3 is 0 Å². The number of benzene rings is 1. The van der Waals surface area contributed by atoms with Gasteiger partial charge in [0.1, 0.15) is 5.76 Å². The van der Waals surface area contributed by atoms with Crippen LogP contribution in [0.4, 0.5) is 10.1 Å². The molecule has 0 aliphatic heterocycles. The maximum atomic E-state index is 15.4. The van der Waals surface area contributed by atoms with Crippen molar-refractivity contribution in [3.63, 3.8) is 0 Å². The zero-order valence-corrected chi connectivity index (χ0v) is 19.3. The van der Waals surface area contributed by atoms with E-state index in [1.54, 1.807) is 17.6 Å². The molecule has 0 saturated heterocycles. The van der Waals surface area contributed by atoms with Crippen molar-refractivity contribution in [2.75, 3.05) is 5.32 Å². The van der Waals surface area contributed by atoms with Gasteiger partial charge in [-0.05, 0) is 23.8 Å². The molecule has 0 saturated carbocycles. The average molecular weight is 464 g/mol. The summed E-state index contributed by atoms with van der Waals surface area (Å²) >= 11 is 0. The number of aryl methyl sites for hydroxylation is 1. The molecule has 0 aliphatic rings. The number of hydrogen-bond acceptors (Lipinski definition) is 5. The molecule has 0 fully saturated rings. The predicted molar refractivity (Wildman–Crippen MR) is 127 cm³/mol. The van der Waals surface area contributed by atoms with E-state index >= 15 is 4.39 Å². The summed E-state index contributed by atoms with van der Waals surface area (Å²) in [6.07, 6.45) is 4.60. The van der Waals surface area contributed by atoms with E-state index < -0.39 is 17.1 Å². The Balaban J connectivity index is 1.85. The largest absolute Gasteiger partial charge is 0.510 e. The zero-order chi connectivity index (χ0) is 24.8. The second-order valence-electron chi connectivity index (χ2n) is 9.18. The highest BCUT2D eigenvalue weighted by Crippen LogP contribution is 2.30. The average Bonchev–Trinajstić information content (AvgIpc) is 3.37. The quantitative estimate of drug-likeness (QED) is 0.430. The van der Waals surface area contributed by atoms with Crippen LogP contribution in [0, 0.1) is 11.2 Å². The van der Waals surface area contributed by atoms with Gasteiger partial charge in [-0.3, -0.25) is 14.3 Å². The molecule has 0 spiro atoms. The molecular formula is C25H25FN4O4. The molecule has 3 aromatic heterocycles. The molecule has 0 radical (unpaired) electrons. The summed E-state index contributed by atoms with van der Waals surface area (Å²) in [5, 5.41) is 27.4. The fourth-order valence-electron chi connectivity index (χ4n) is 3.75. The Labute approximate surface area is 194 Å². The van der Waals surface area contributed by atoms with E-state index in [1.807, 2.05) is 20.8 Å². The van der Waals surface area contributed by atoms with Crippen molar-refractivity contribution in [2.45, 2.75) is 27.4 Å². The zero-order valence-electron chi connectivity index (χ0n) is 19.3. The third-order valence-electron chi connectivity index (χ3n) is 5.52. The molecule has 0 unspecified atom stereocenters. The lowest BCUT2D eigenvalue weighted by Gasteiger charge is -2.16. The summed E-state index contributed by atoms with van der Waals surface area (Å²) < 4.78 is 18.5. The van der Waals surface area contributed by atoms with Crippen LogP contribution in [0.5, 0.6) is 0 Å². The Kier molecular flexibility index (Phi) is 5.74. The van der Waals surface area contributed by atoms with Crippen molar-refractivity contribution in [3.8, 4) is 11.1 Å². The smallest absolute Gasteiger partial charge is 0.257 e. The van der Waals surface area contributed by atoms with Crippen LogP contribution >= 0.6 is 0 Å². The van der Waals surface area contributed by atoms with Crippen LogP contribution in [0.1, 0.15) is 36.7 Å². The van der Waals surface area contributed by atoms with Gasteiger partial charge in [0.15, 0.2) is 11.2 Å². The van der Waals surface area contributed by atoms with E-state index in [9.17, 15) is 19.8 Å². The molecule has 34 heavy (non-hydrogen) atoms. The highest BCUT2D eigenvalue weighted by Gasteiger charge is 2.23. The first kappa shape index (κ1) is 23.2. The molecule has 3 heterocycles. The van der Waals surface area contributed by atoms with Gasteiger partial charge < -0.3 is 19.9 Å². The van der Waals surface area contributed by atoms with Crippen LogP contribution in [-0.2, 0) is 13.7 Å². The lowest BCUT2D eigenvalue weighted by Crippen LogP contribution is -2.21. The predicted octanol–water partition coefficient (Wildman–Crippen LogP) is 3.01. The lowest BCUT2D eigenvalue weighted by molar-refractivity contribution is 0.102. The topological polar surface area (TPSA) is 109 Å².